The summed E-state index contributed by atoms with van der Waals surface area (Å²) < 4.78 is 4.82. The zero-order valence-electron chi connectivity index (χ0n) is 16.4. The van der Waals surface area contributed by atoms with Crippen LogP contribution in [0.25, 0.3) is 0 Å². The van der Waals surface area contributed by atoms with Gasteiger partial charge in [0.2, 0.25) is 5.91 Å². The molecule has 2 amide bonds. The number of nitrogens with zero attached hydrogens (tertiary/aromatic N) is 1. The molecule has 0 atom stereocenters. The Bertz CT molecular complexity index is 638. The highest BCUT2D eigenvalue weighted by atomic mass is 32.1. The molecule has 0 aliphatic heterocycles. The van der Waals surface area contributed by atoms with E-state index >= 15 is 0 Å². The van der Waals surface area contributed by atoms with Gasteiger partial charge >= 0.3 is 5.97 Å². The topological polar surface area (TPSA) is 75.7 Å². The van der Waals surface area contributed by atoms with Crippen molar-refractivity contribution in [2.45, 2.75) is 58.8 Å². The minimum Gasteiger partial charge on any atom is -0.465 e. The Kier molecular flexibility index (Phi) is 9.34. The third kappa shape index (κ3) is 6.12. The molecule has 6 nitrogen and oxygen atoms in total. The molecular formula is C19H30N2O4S. The first kappa shape index (κ1) is 22.2. The van der Waals surface area contributed by atoms with Crippen molar-refractivity contribution in [3.8, 4) is 0 Å². The quantitative estimate of drug-likeness (QED) is 0.485. The van der Waals surface area contributed by atoms with E-state index in [1.54, 1.807) is 21.0 Å². The van der Waals surface area contributed by atoms with Crippen LogP contribution in [0.3, 0.4) is 0 Å². The standard InChI is InChI=1S/C19H30N2O4S/c1-6-7-8-9-10-11-12-14(22)20-17-15(19(24)25-5)13(2)16(26-17)18(23)21(3)4/h6-12H2,1-5H3,(H,20,22). The van der Waals surface area contributed by atoms with Gasteiger partial charge in [0, 0.05) is 20.5 Å². The van der Waals surface area contributed by atoms with Gasteiger partial charge in [0.25, 0.3) is 5.91 Å². The van der Waals surface area contributed by atoms with Gasteiger partial charge in [0.05, 0.1) is 17.6 Å². The highest BCUT2D eigenvalue weighted by Gasteiger charge is 2.26. The molecule has 1 aromatic rings. The Morgan fingerprint density at radius 2 is 1.69 bits per heavy atom. The number of esters is 1. The Morgan fingerprint density at radius 1 is 1.08 bits per heavy atom. The van der Waals surface area contributed by atoms with E-state index in [0.29, 0.717) is 21.9 Å². The normalized spacial score (nSPS) is 10.5. The summed E-state index contributed by atoms with van der Waals surface area (Å²) in [5.74, 6) is -0.892. The monoisotopic (exact) mass is 382 g/mol. The van der Waals surface area contributed by atoms with Crippen LogP contribution < -0.4 is 5.32 Å². The molecule has 1 aromatic heterocycles. The van der Waals surface area contributed by atoms with Gasteiger partial charge < -0.3 is 15.0 Å². The number of hydrogen-bond donors (Lipinski definition) is 1. The van der Waals surface area contributed by atoms with Crippen molar-refractivity contribution in [3.63, 3.8) is 0 Å². The molecule has 0 radical (unpaired) electrons. The SMILES string of the molecule is CCCCCCCCC(=O)Nc1sc(C(=O)N(C)C)c(C)c1C(=O)OC. The third-order valence-corrected chi connectivity index (χ3v) is 5.34. The fraction of sp³-hybridized carbons (Fsp3) is 0.632. The second-order valence-electron chi connectivity index (χ2n) is 6.52. The second-order valence-corrected chi connectivity index (χ2v) is 7.54. The summed E-state index contributed by atoms with van der Waals surface area (Å²) in [5, 5.41) is 3.18. The maximum atomic E-state index is 12.3. The fourth-order valence-corrected chi connectivity index (χ4v) is 3.84. The predicted octanol–water partition coefficient (Wildman–Crippen LogP) is 4.23. The number of thiophene rings is 1. The number of nitrogens with one attached hydrogen (secondary N) is 1. The average Bonchev–Trinajstić information content (AvgIpc) is 2.92. The lowest BCUT2D eigenvalue weighted by molar-refractivity contribution is -0.116. The molecule has 0 saturated carbocycles. The third-order valence-electron chi connectivity index (χ3n) is 4.15. The Morgan fingerprint density at radius 3 is 2.27 bits per heavy atom. The van der Waals surface area contributed by atoms with Crippen molar-refractivity contribution < 1.29 is 19.1 Å². The number of amides is 2. The molecule has 1 heterocycles. The van der Waals surface area contributed by atoms with Crippen LogP contribution in [-0.2, 0) is 9.53 Å². The number of carbonyl (C=O) groups excluding carboxylic acids is 3. The van der Waals surface area contributed by atoms with Gasteiger partial charge in [-0.1, -0.05) is 39.0 Å². The molecule has 146 valence electrons. The van der Waals surface area contributed by atoms with Crippen molar-refractivity contribution in [2.24, 2.45) is 0 Å². The maximum Gasteiger partial charge on any atom is 0.341 e. The zero-order chi connectivity index (χ0) is 19.7. The highest BCUT2D eigenvalue weighted by Crippen LogP contribution is 2.34. The summed E-state index contributed by atoms with van der Waals surface area (Å²) in [7, 11) is 4.58. The van der Waals surface area contributed by atoms with E-state index in [9.17, 15) is 14.4 Å². The first-order valence-corrected chi connectivity index (χ1v) is 9.88. The van der Waals surface area contributed by atoms with Crippen molar-refractivity contribution in [3.05, 3.63) is 16.0 Å². The van der Waals surface area contributed by atoms with Crippen molar-refractivity contribution >= 4 is 34.1 Å². The lowest BCUT2D eigenvalue weighted by Gasteiger charge is -2.08. The Labute approximate surface area is 159 Å². The number of rotatable bonds is 10. The summed E-state index contributed by atoms with van der Waals surface area (Å²) in [6.45, 7) is 3.87. The number of anilines is 1. The maximum absolute atomic E-state index is 12.3. The van der Waals surface area contributed by atoms with Crippen LogP contribution >= 0.6 is 11.3 Å². The van der Waals surface area contributed by atoms with E-state index in [2.05, 4.69) is 12.2 Å². The summed E-state index contributed by atoms with van der Waals surface area (Å²) in [6, 6.07) is 0. The van der Waals surface area contributed by atoms with E-state index in [4.69, 9.17) is 4.74 Å². The van der Waals surface area contributed by atoms with Crippen LogP contribution in [0.1, 0.15) is 77.5 Å². The first-order chi connectivity index (χ1) is 12.3. The summed E-state index contributed by atoms with van der Waals surface area (Å²) >= 11 is 1.12. The molecule has 26 heavy (non-hydrogen) atoms. The van der Waals surface area contributed by atoms with Crippen LogP contribution in [0.5, 0.6) is 0 Å². The fourth-order valence-electron chi connectivity index (χ4n) is 2.61. The molecule has 0 unspecified atom stereocenters. The number of ether oxygens (including phenoxy) is 1. The molecule has 0 aromatic carbocycles. The summed E-state index contributed by atoms with van der Waals surface area (Å²) in [6.07, 6.45) is 7.00. The van der Waals surface area contributed by atoms with Crippen molar-refractivity contribution in [1.82, 2.24) is 4.90 Å². The molecule has 0 bridgehead atoms. The van der Waals surface area contributed by atoms with E-state index in [-0.39, 0.29) is 17.4 Å². The molecule has 0 aliphatic carbocycles. The van der Waals surface area contributed by atoms with E-state index < -0.39 is 5.97 Å². The molecule has 1 rings (SSSR count). The molecule has 0 spiro atoms. The van der Waals surface area contributed by atoms with Gasteiger partial charge in [-0.25, -0.2) is 4.79 Å². The van der Waals surface area contributed by atoms with E-state index in [1.807, 2.05) is 0 Å². The van der Waals surface area contributed by atoms with Crippen LogP contribution in [-0.4, -0.2) is 43.9 Å². The number of methoxy groups -OCH3 is 1. The lowest BCUT2D eigenvalue weighted by Crippen LogP contribution is -2.21. The molecule has 0 saturated heterocycles. The van der Waals surface area contributed by atoms with Gasteiger partial charge in [0.15, 0.2) is 0 Å². The lowest BCUT2D eigenvalue weighted by atomic mass is 10.1. The highest BCUT2D eigenvalue weighted by molar-refractivity contribution is 7.18. The zero-order valence-corrected chi connectivity index (χ0v) is 17.3. The van der Waals surface area contributed by atoms with Gasteiger partial charge in [-0.05, 0) is 18.9 Å². The van der Waals surface area contributed by atoms with Crippen molar-refractivity contribution in [2.75, 3.05) is 26.5 Å². The van der Waals surface area contributed by atoms with Crippen LogP contribution in [0.15, 0.2) is 0 Å². The second kappa shape index (κ2) is 11.0. The minimum absolute atomic E-state index is 0.143. The molecular weight excluding hydrogens is 352 g/mol. The smallest absolute Gasteiger partial charge is 0.341 e. The number of carbonyl (C=O) groups is 3. The van der Waals surface area contributed by atoms with Crippen LogP contribution in [0.4, 0.5) is 5.00 Å². The predicted molar refractivity (Wildman–Crippen MR) is 105 cm³/mol. The first-order valence-electron chi connectivity index (χ1n) is 9.06. The molecule has 0 fully saturated rings. The minimum atomic E-state index is -0.550. The number of hydrogen-bond acceptors (Lipinski definition) is 5. The Balaban J connectivity index is 2.81. The van der Waals surface area contributed by atoms with Gasteiger partial charge in [-0.3, -0.25) is 9.59 Å². The summed E-state index contributed by atoms with van der Waals surface area (Å²) in [5.41, 5.74) is 0.800. The largest absolute Gasteiger partial charge is 0.465 e. The summed E-state index contributed by atoms with van der Waals surface area (Å²) in [4.78, 5) is 38.5. The van der Waals surface area contributed by atoms with Crippen LogP contribution in [0.2, 0.25) is 0 Å². The van der Waals surface area contributed by atoms with Gasteiger partial charge in [-0.2, -0.15) is 0 Å². The van der Waals surface area contributed by atoms with Crippen molar-refractivity contribution in [1.29, 1.82) is 0 Å². The number of unbranched alkanes of at least 4 members (excludes halogenated alkanes) is 5. The van der Waals surface area contributed by atoms with E-state index in [0.717, 1.165) is 30.6 Å². The van der Waals surface area contributed by atoms with Crippen LogP contribution in [0, 0.1) is 6.92 Å². The molecule has 1 N–H and O–H groups in total. The molecule has 7 heteroatoms. The van der Waals surface area contributed by atoms with Gasteiger partial charge in [0.1, 0.15) is 5.00 Å². The molecule has 0 aliphatic rings. The van der Waals surface area contributed by atoms with Gasteiger partial charge in [-0.15, -0.1) is 11.3 Å². The van der Waals surface area contributed by atoms with E-state index in [1.165, 1.54) is 31.3 Å². The average molecular weight is 383 g/mol. The Hall–Kier alpha value is -1.89.